The molecule has 0 aliphatic carbocycles. The summed E-state index contributed by atoms with van der Waals surface area (Å²) in [6.07, 6.45) is 1.99. The quantitative estimate of drug-likeness (QED) is 0.838. The van der Waals surface area contributed by atoms with Gasteiger partial charge in [-0.15, -0.1) is 0 Å². The van der Waals surface area contributed by atoms with E-state index in [0.717, 1.165) is 0 Å². The first-order valence-corrected chi connectivity index (χ1v) is 5.49. The number of hydrogen-bond acceptors (Lipinski definition) is 6. The van der Waals surface area contributed by atoms with E-state index in [4.69, 9.17) is 15.2 Å². The summed E-state index contributed by atoms with van der Waals surface area (Å²) in [5.74, 6) is 1.75. The molecule has 2 rings (SSSR count). The maximum Gasteiger partial charge on any atom is 0.165 e. The molecular formula is C13H13N3O3. The number of carbonyl (C=O) groups is 1. The predicted molar refractivity (Wildman–Crippen MR) is 70.4 cm³/mol. The second-order valence-corrected chi connectivity index (χ2v) is 3.72. The SMILES string of the molecule is COc1ccc(OC)c(-c2ncc(C=O)c(N)n2)c1. The lowest BCUT2D eigenvalue weighted by Gasteiger charge is -2.10. The summed E-state index contributed by atoms with van der Waals surface area (Å²) in [4.78, 5) is 18.9. The molecule has 6 heteroatoms. The highest BCUT2D eigenvalue weighted by atomic mass is 16.5. The number of anilines is 1. The fraction of sp³-hybridized carbons (Fsp3) is 0.154. The topological polar surface area (TPSA) is 87.3 Å². The van der Waals surface area contributed by atoms with Gasteiger partial charge in [-0.05, 0) is 18.2 Å². The molecule has 0 amide bonds. The van der Waals surface area contributed by atoms with Gasteiger partial charge in [0.05, 0.1) is 25.3 Å². The number of hydrogen-bond donors (Lipinski definition) is 1. The molecule has 0 fully saturated rings. The van der Waals surface area contributed by atoms with Crippen molar-refractivity contribution in [2.24, 2.45) is 0 Å². The van der Waals surface area contributed by atoms with Gasteiger partial charge in [0.2, 0.25) is 0 Å². The van der Waals surface area contributed by atoms with Crippen LogP contribution in [-0.2, 0) is 0 Å². The second kappa shape index (κ2) is 5.34. The van der Waals surface area contributed by atoms with Crippen molar-refractivity contribution in [2.75, 3.05) is 20.0 Å². The van der Waals surface area contributed by atoms with E-state index in [1.54, 1.807) is 32.4 Å². The van der Waals surface area contributed by atoms with E-state index in [0.29, 0.717) is 29.2 Å². The van der Waals surface area contributed by atoms with Crippen LogP contribution in [0.2, 0.25) is 0 Å². The molecule has 0 atom stereocenters. The molecule has 0 bridgehead atoms. The summed E-state index contributed by atoms with van der Waals surface area (Å²) in [5.41, 5.74) is 6.58. The van der Waals surface area contributed by atoms with Crippen LogP contribution in [0.3, 0.4) is 0 Å². The van der Waals surface area contributed by atoms with Crippen molar-refractivity contribution in [3.63, 3.8) is 0 Å². The molecule has 6 nitrogen and oxygen atoms in total. The number of methoxy groups -OCH3 is 2. The fourth-order valence-electron chi connectivity index (χ4n) is 1.61. The average Bonchev–Trinajstić information content (AvgIpc) is 2.46. The lowest BCUT2D eigenvalue weighted by atomic mass is 10.1. The van der Waals surface area contributed by atoms with Crippen molar-refractivity contribution in [1.82, 2.24) is 9.97 Å². The number of ether oxygens (including phenoxy) is 2. The van der Waals surface area contributed by atoms with Crippen LogP contribution in [0.4, 0.5) is 5.82 Å². The Morgan fingerprint density at radius 1 is 1.26 bits per heavy atom. The molecule has 0 spiro atoms. The Balaban J connectivity index is 2.56. The first-order valence-electron chi connectivity index (χ1n) is 5.49. The van der Waals surface area contributed by atoms with E-state index in [1.807, 2.05) is 0 Å². The first-order chi connectivity index (χ1) is 9.19. The summed E-state index contributed by atoms with van der Waals surface area (Å²) in [6.45, 7) is 0. The van der Waals surface area contributed by atoms with Crippen LogP contribution in [0.1, 0.15) is 10.4 Å². The molecule has 0 aliphatic heterocycles. The summed E-state index contributed by atoms with van der Waals surface area (Å²) >= 11 is 0. The molecule has 2 N–H and O–H groups in total. The molecule has 0 radical (unpaired) electrons. The van der Waals surface area contributed by atoms with Gasteiger partial charge in [-0.2, -0.15) is 0 Å². The van der Waals surface area contributed by atoms with Crippen LogP contribution in [0, 0.1) is 0 Å². The van der Waals surface area contributed by atoms with Gasteiger partial charge in [-0.3, -0.25) is 4.79 Å². The molecule has 1 aromatic carbocycles. The standard InChI is InChI=1S/C13H13N3O3/c1-18-9-3-4-11(19-2)10(5-9)13-15-6-8(7-17)12(14)16-13/h3-7H,1-2H3,(H2,14,15,16). The van der Waals surface area contributed by atoms with Crippen molar-refractivity contribution < 1.29 is 14.3 Å². The highest BCUT2D eigenvalue weighted by Crippen LogP contribution is 2.31. The van der Waals surface area contributed by atoms with Crippen LogP contribution < -0.4 is 15.2 Å². The van der Waals surface area contributed by atoms with Crippen molar-refractivity contribution in [3.05, 3.63) is 30.0 Å². The number of nitrogen functional groups attached to an aromatic ring is 1. The van der Waals surface area contributed by atoms with Crippen molar-refractivity contribution in [1.29, 1.82) is 0 Å². The van der Waals surface area contributed by atoms with Crippen LogP contribution in [0.15, 0.2) is 24.4 Å². The zero-order valence-corrected chi connectivity index (χ0v) is 10.6. The third-order valence-corrected chi connectivity index (χ3v) is 2.62. The summed E-state index contributed by atoms with van der Waals surface area (Å²) < 4.78 is 10.4. The van der Waals surface area contributed by atoms with E-state index < -0.39 is 0 Å². The number of carbonyl (C=O) groups excluding carboxylic acids is 1. The largest absolute Gasteiger partial charge is 0.497 e. The second-order valence-electron chi connectivity index (χ2n) is 3.72. The third kappa shape index (κ3) is 2.47. The van der Waals surface area contributed by atoms with Crippen LogP contribution in [0.5, 0.6) is 11.5 Å². The molecule has 2 aromatic rings. The normalized spacial score (nSPS) is 10.0. The van der Waals surface area contributed by atoms with Crippen molar-refractivity contribution >= 4 is 12.1 Å². The highest BCUT2D eigenvalue weighted by molar-refractivity contribution is 5.82. The third-order valence-electron chi connectivity index (χ3n) is 2.62. The van der Waals surface area contributed by atoms with Gasteiger partial charge in [-0.25, -0.2) is 9.97 Å². The van der Waals surface area contributed by atoms with Gasteiger partial charge in [-0.1, -0.05) is 0 Å². The maximum atomic E-state index is 10.7. The van der Waals surface area contributed by atoms with E-state index in [1.165, 1.54) is 6.20 Å². The molecule has 19 heavy (non-hydrogen) atoms. The predicted octanol–water partition coefficient (Wildman–Crippen LogP) is 1.56. The Hall–Kier alpha value is -2.63. The average molecular weight is 259 g/mol. The Morgan fingerprint density at radius 2 is 2.05 bits per heavy atom. The zero-order valence-electron chi connectivity index (χ0n) is 10.6. The van der Waals surface area contributed by atoms with Crippen LogP contribution in [0.25, 0.3) is 11.4 Å². The fourth-order valence-corrected chi connectivity index (χ4v) is 1.61. The number of benzene rings is 1. The number of nitrogens with zero attached hydrogens (tertiary/aromatic N) is 2. The van der Waals surface area contributed by atoms with E-state index in [2.05, 4.69) is 9.97 Å². The minimum absolute atomic E-state index is 0.130. The van der Waals surface area contributed by atoms with Crippen molar-refractivity contribution in [3.8, 4) is 22.9 Å². The minimum Gasteiger partial charge on any atom is -0.497 e. The molecule has 98 valence electrons. The molecule has 1 aromatic heterocycles. The van der Waals surface area contributed by atoms with Gasteiger partial charge < -0.3 is 15.2 Å². The summed E-state index contributed by atoms with van der Waals surface area (Å²) in [6, 6.07) is 5.26. The van der Waals surface area contributed by atoms with Gasteiger partial charge in [0.1, 0.15) is 17.3 Å². The maximum absolute atomic E-state index is 10.7. The molecular weight excluding hydrogens is 246 g/mol. The lowest BCUT2D eigenvalue weighted by molar-refractivity contribution is 0.112. The van der Waals surface area contributed by atoms with Crippen LogP contribution >= 0.6 is 0 Å². The summed E-state index contributed by atoms with van der Waals surface area (Å²) in [5, 5.41) is 0. The number of rotatable bonds is 4. The zero-order chi connectivity index (χ0) is 13.8. The Labute approximate surface area is 110 Å². The number of aldehydes is 1. The summed E-state index contributed by atoms with van der Waals surface area (Å²) in [7, 11) is 3.12. The smallest absolute Gasteiger partial charge is 0.165 e. The molecule has 0 unspecified atom stereocenters. The van der Waals surface area contributed by atoms with Gasteiger partial charge >= 0.3 is 0 Å². The molecule has 1 heterocycles. The van der Waals surface area contributed by atoms with Crippen molar-refractivity contribution in [2.45, 2.75) is 0 Å². The van der Waals surface area contributed by atoms with E-state index >= 15 is 0 Å². The number of aromatic nitrogens is 2. The monoisotopic (exact) mass is 259 g/mol. The molecule has 0 saturated heterocycles. The number of nitrogens with two attached hydrogens (primary N) is 1. The highest BCUT2D eigenvalue weighted by Gasteiger charge is 2.12. The van der Waals surface area contributed by atoms with Gasteiger partial charge in [0.25, 0.3) is 0 Å². The lowest BCUT2D eigenvalue weighted by Crippen LogP contribution is -2.01. The Bertz CT molecular complexity index is 614. The molecule has 0 saturated carbocycles. The first kappa shape index (κ1) is 12.8. The molecule has 0 aliphatic rings. The Kier molecular flexibility index (Phi) is 3.61. The van der Waals surface area contributed by atoms with E-state index in [9.17, 15) is 4.79 Å². The van der Waals surface area contributed by atoms with Gasteiger partial charge in [0, 0.05) is 6.20 Å². The minimum atomic E-state index is 0.130. The van der Waals surface area contributed by atoms with E-state index in [-0.39, 0.29) is 11.4 Å². The van der Waals surface area contributed by atoms with Gasteiger partial charge in [0.15, 0.2) is 12.1 Å². The van der Waals surface area contributed by atoms with Crippen LogP contribution in [-0.4, -0.2) is 30.5 Å². The Morgan fingerprint density at radius 3 is 2.63 bits per heavy atom.